The van der Waals surface area contributed by atoms with Crippen molar-refractivity contribution in [1.82, 2.24) is 20.3 Å². The molecule has 1 fully saturated rings. The number of hydrogen-bond donors (Lipinski definition) is 1. The zero-order valence-electron chi connectivity index (χ0n) is 13.4. The highest BCUT2D eigenvalue weighted by Gasteiger charge is 2.21. The maximum absolute atomic E-state index is 5.44. The largest absolute Gasteiger partial charge is 0.378 e. The SMILES string of the molecule is Cc1cc(CNCc2c(C)nn(C)c2N2CCOCC2)no1. The summed E-state index contributed by atoms with van der Waals surface area (Å²) in [6, 6.07) is 1.95. The summed E-state index contributed by atoms with van der Waals surface area (Å²) in [5.74, 6) is 2.02. The molecule has 0 aliphatic carbocycles. The predicted octanol–water partition coefficient (Wildman–Crippen LogP) is 1.15. The lowest BCUT2D eigenvalue weighted by Gasteiger charge is -2.29. The van der Waals surface area contributed by atoms with Crippen molar-refractivity contribution in [3.05, 3.63) is 28.8 Å². The monoisotopic (exact) mass is 305 g/mol. The zero-order chi connectivity index (χ0) is 15.5. The molecule has 0 spiro atoms. The first kappa shape index (κ1) is 15.1. The van der Waals surface area contributed by atoms with Crippen LogP contribution in [-0.4, -0.2) is 41.2 Å². The minimum Gasteiger partial charge on any atom is -0.378 e. The van der Waals surface area contributed by atoms with E-state index in [1.165, 1.54) is 11.4 Å². The third kappa shape index (κ3) is 3.15. The van der Waals surface area contributed by atoms with Crippen molar-refractivity contribution in [3.63, 3.8) is 0 Å². The van der Waals surface area contributed by atoms with Crippen molar-refractivity contribution in [3.8, 4) is 0 Å². The first-order chi connectivity index (χ1) is 10.6. The van der Waals surface area contributed by atoms with E-state index in [1.54, 1.807) is 0 Å². The van der Waals surface area contributed by atoms with Crippen LogP contribution in [0.5, 0.6) is 0 Å². The summed E-state index contributed by atoms with van der Waals surface area (Å²) < 4.78 is 12.5. The van der Waals surface area contributed by atoms with Gasteiger partial charge in [0.15, 0.2) is 0 Å². The average Bonchev–Trinajstić information content (AvgIpc) is 3.04. The van der Waals surface area contributed by atoms with E-state index in [4.69, 9.17) is 9.26 Å². The molecule has 0 aromatic carbocycles. The van der Waals surface area contributed by atoms with Gasteiger partial charge in [-0.15, -0.1) is 0 Å². The Morgan fingerprint density at radius 1 is 1.23 bits per heavy atom. The molecule has 3 rings (SSSR count). The fourth-order valence-corrected chi connectivity index (χ4v) is 2.88. The molecule has 22 heavy (non-hydrogen) atoms. The second-order valence-corrected chi connectivity index (χ2v) is 5.64. The van der Waals surface area contributed by atoms with Crippen LogP contribution < -0.4 is 10.2 Å². The first-order valence-electron chi connectivity index (χ1n) is 7.63. The van der Waals surface area contributed by atoms with Crippen molar-refractivity contribution < 1.29 is 9.26 Å². The quantitative estimate of drug-likeness (QED) is 0.894. The van der Waals surface area contributed by atoms with Gasteiger partial charge >= 0.3 is 0 Å². The molecule has 0 bridgehead atoms. The molecule has 0 amide bonds. The normalized spacial score (nSPS) is 15.5. The van der Waals surface area contributed by atoms with E-state index in [1.807, 2.05) is 24.7 Å². The van der Waals surface area contributed by atoms with Gasteiger partial charge in [0.25, 0.3) is 0 Å². The van der Waals surface area contributed by atoms with Crippen LogP contribution in [0, 0.1) is 13.8 Å². The highest BCUT2D eigenvalue weighted by molar-refractivity contribution is 5.50. The molecule has 1 aliphatic rings. The first-order valence-corrected chi connectivity index (χ1v) is 7.63. The predicted molar refractivity (Wildman–Crippen MR) is 82.8 cm³/mol. The van der Waals surface area contributed by atoms with Gasteiger partial charge in [-0.25, -0.2) is 0 Å². The Hall–Kier alpha value is -1.86. The zero-order valence-corrected chi connectivity index (χ0v) is 13.4. The average molecular weight is 305 g/mol. The van der Waals surface area contributed by atoms with Gasteiger partial charge < -0.3 is 19.5 Å². The number of aryl methyl sites for hydroxylation is 3. The van der Waals surface area contributed by atoms with E-state index >= 15 is 0 Å². The highest BCUT2D eigenvalue weighted by Crippen LogP contribution is 2.24. The Labute approximate surface area is 130 Å². The second-order valence-electron chi connectivity index (χ2n) is 5.64. The van der Waals surface area contributed by atoms with Crippen molar-refractivity contribution in [2.75, 3.05) is 31.2 Å². The smallest absolute Gasteiger partial charge is 0.133 e. The number of hydrogen-bond acceptors (Lipinski definition) is 6. The summed E-state index contributed by atoms with van der Waals surface area (Å²) in [6.45, 7) is 8.78. The molecule has 7 nitrogen and oxygen atoms in total. The maximum Gasteiger partial charge on any atom is 0.133 e. The van der Waals surface area contributed by atoms with Crippen LogP contribution in [0.3, 0.4) is 0 Å². The maximum atomic E-state index is 5.44. The van der Waals surface area contributed by atoms with E-state index in [9.17, 15) is 0 Å². The number of nitrogens with zero attached hydrogens (tertiary/aromatic N) is 4. The summed E-state index contributed by atoms with van der Waals surface area (Å²) >= 11 is 0. The number of aromatic nitrogens is 3. The van der Waals surface area contributed by atoms with E-state index in [0.29, 0.717) is 6.54 Å². The van der Waals surface area contributed by atoms with Crippen LogP contribution in [0.15, 0.2) is 10.6 Å². The molecule has 3 heterocycles. The summed E-state index contributed by atoms with van der Waals surface area (Å²) in [5, 5.41) is 12.0. The lowest BCUT2D eigenvalue weighted by Crippen LogP contribution is -2.38. The second kappa shape index (κ2) is 6.50. The number of anilines is 1. The molecule has 0 saturated carbocycles. The Kier molecular flexibility index (Phi) is 4.44. The van der Waals surface area contributed by atoms with Gasteiger partial charge in [0.1, 0.15) is 11.6 Å². The summed E-state index contributed by atoms with van der Waals surface area (Å²) in [7, 11) is 2.00. The molecule has 1 aliphatic heterocycles. The summed E-state index contributed by atoms with van der Waals surface area (Å²) in [5.41, 5.74) is 3.23. The molecule has 1 saturated heterocycles. The fourth-order valence-electron chi connectivity index (χ4n) is 2.88. The van der Waals surface area contributed by atoms with Gasteiger partial charge in [0, 0.05) is 44.9 Å². The molecule has 0 unspecified atom stereocenters. The van der Waals surface area contributed by atoms with E-state index in [2.05, 4.69) is 27.4 Å². The Morgan fingerprint density at radius 2 is 2.00 bits per heavy atom. The van der Waals surface area contributed by atoms with Crippen molar-refractivity contribution in [2.24, 2.45) is 7.05 Å². The van der Waals surface area contributed by atoms with E-state index in [0.717, 1.165) is 50.0 Å². The third-order valence-electron chi connectivity index (χ3n) is 3.91. The molecule has 120 valence electrons. The molecule has 0 atom stereocenters. The van der Waals surface area contributed by atoms with Crippen molar-refractivity contribution in [1.29, 1.82) is 0 Å². The molecule has 7 heteroatoms. The number of ether oxygens (including phenoxy) is 1. The molecule has 1 N–H and O–H groups in total. The summed E-state index contributed by atoms with van der Waals surface area (Å²) in [6.07, 6.45) is 0. The van der Waals surface area contributed by atoms with Crippen LogP contribution in [0.25, 0.3) is 0 Å². The topological polar surface area (TPSA) is 68.4 Å². The van der Waals surface area contributed by atoms with E-state index < -0.39 is 0 Å². The van der Waals surface area contributed by atoms with Gasteiger partial charge in [0.2, 0.25) is 0 Å². The molecular formula is C15H23N5O2. The highest BCUT2D eigenvalue weighted by atomic mass is 16.5. The van der Waals surface area contributed by atoms with Gasteiger partial charge in [0.05, 0.1) is 24.6 Å². The third-order valence-corrected chi connectivity index (χ3v) is 3.91. The van der Waals surface area contributed by atoms with Gasteiger partial charge in [-0.3, -0.25) is 4.68 Å². The van der Waals surface area contributed by atoms with Crippen LogP contribution in [0.1, 0.15) is 22.7 Å². The number of morpholine rings is 1. The lowest BCUT2D eigenvalue weighted by atomic mass is 10.2. The molecule has 0 radical (unpaired) electrons. The Balaban J connectivity index is 1.69. The van der Waals surface area contributed by atoms with Crippen LogP contribution >= 0.6 is 0 Å². The van der Waals surface area contributed by atoms with Gasteiger partial charge in [-0.2, -0.15) is 5.10 Å². The van der Waals surface area contributed by atoms with Crippen LogP contribution in [0.4, 0.5) is 5.82 Å². The minimum absolute atomic E-state index is 0.689. The van der Waals surface area contributed by atoms with Crippen LogP contribution in [-0.2, 0) is 24.9 Å². The number of nitrogens with one attached hydrogen (secondary N) is 1. The lowest BCUT2D eigenvalue weighted by molar-refractivity contribution is 0.122. The Bertz CT molecular complexity index is 628. The minimum atomic E-state index is 0.689. The standard InChI is InChI=1S/C15H23N5O2/c1-11-8-13(18-22-11)9-16-10-14-12(2)17-19(3)15(14)20-4-6-21-7-5-20/h8,16H,4-7,9-10H2,1-3H3. The molecule has 2 aromatic rings. The van der Waals surface area contributed by atoms with Crippen molar-refractivity contribution in [2.45, 2.75) is 26.9 Å². The summed E-state index contributed by atoms with van der Waals surface area (Å²) in [4.78, 5) is 2.35. The van der Waals surface area contributed by atoms with Gasteiger partial charge in [-0.1, -0.05) is 5.16 Å². The Morgan fingerprint density at radius 3 is 2.68 bits per heavy atom. The molecular weight excluding hydrogens is 282 g/mol. The molecule has 2 aromatic heterocycles. The van der Waals surface area contributed by atoms with E-state index in [-0.39, 0.29) is 0 Å². The number of rotatable bonds is 5. The van der Waals surface area contributed by atoms with Gasteiger partial charge in [-0.05, 0) is 13.8 Å². The van der Waals surface area contributed by atoms with Crippen molar-refractivity contribution >= 4 is 5.82 Å². The van der Waals surface area contributed by atoms with Crippen LogP contribution in [0.2, 0.25) is 0 Å². The fraction of sp³-hybridized carbons (Fsp3) is 0.600.